The number of amides is 1. The van der Waals surface area contributed by atoms with E-state index in [1.165, 1.54) is 5.56 Å². The van der Waals surface area contributed by atoms with Gasteiger partial charge in [-0.15, -0.1) is 0 Å². The first kappa shape index (κ1) is 20.6. The largest absolute Gasteiger partial charge is 0.497 e. The average Bonchev–Trinajstić information content (AvgIpc) is 2.77. The van der Waals surface area contributed by atoms with E-state index in [2.05, 4.69) is 12.1 Å². The molecule has 0 radical (unpaired) electrons. The molecule has 3 rings (SSSR count). The summed E-state index contributed by atoms with van der Waals surface area (Å²) in [7, 11) is 0.566. The molecule has 4 nitrogen and oxygen atoms in total. The summed E-state index contributed by atoms with van der Waals surface area (Å²) < 4.78 is 17.5. The van der Waals surface area contributed by atoms with Crippen LogP contribution in [0.15, 0.2) is 53.4 Å². The van der Waals surface area contributed by atoms with Gasteiger partial charge in [0.2, 0.25) is 0 Å². The number of ether oxygens (including phenoxy) is 1. The third kappa shape index (κ3) is 5.02. The second-order valence-electron chi connectivity index (χ2n) is 7.25. The van der Waals surface area contributed by atoms with E-state index >= 15 is 0 Å². The van der Waals surface area contributed by atoms with Crippen molar-refractivity contribution in [2.45, 2.75) is 37.5 Å². The van der Waals surface area contributed by atoms with Crippen LogP contribution in [-0.4, -0.2) is 41.0 Å². The number of hydrogen-bond acceptors (Lipinski definition) is 3. The van der Waals surface area contributed by atoms with Crippen molar-refractivity contribution < 1.29 is 13.7 Å². The normalized spacial score (nSPS) is 16.0. The Morgan fingerprint density at radius 1 is 1.11 bits per heavy atom. The molecule has 0 aliphatic carbocycles. The predicted octanol–water partition coefficient (Wildman–Crippen LogP) is 4.31. The summed E-state index contributed by atoms with van der Waals surface area (Å²) in [4.78, 5) is 15.6. The third-order valence-corrected chi connectivity index (χ3v) is 6.90. The van der Waals surface area contributed by atoms with Crippen molar-refractivity contribution in [3.8, 4) is 5.75 Å². The molecule has 0 aromatic heterocycles. The highest BCUT2D eigenvalue weighted by Gasteiger charge is 2.25. The minimum absolute atomic E-state index is 0.0194. The zero-order valence-electron chi connectivity index (χ0n) is 16.7. The maximum Gasteiger partial charge on any atom is 0.255 e. The standard InChI is InChI=1S/C23H29NO3S/c1-3-28(26)22-7-5-4-6-21(22)23(25)24-16-14-19(15-17-24)9-8-18-10-12-20(27-2)13-11-18/h4-7,10-13,19H,3,8-9,14-17H2,1-2H3. The Morgan fingerprint density at radius 3 is 2.43 bits per heavy atom. The molecule has 2 aromatic carbocycles. The van der Waals surface area contributed by atoms with Crippen molar-refractivity contribution in [3.63, 3.8) is 0 Å². The molecule has 1 saturated heterocycles. The quantitative estimate of drug-likeness (QED) is 0.697. The van der Waals surface area contributed by atoms with E-state index < -0.39 is 10.8 Å². The number of rotatable bonds is 7. The number of methoxy groups -OCH3 is 1. The van der Waals surface area contributed by atoms with Gasteiger partial charge < -0.3 is 9.64 Å². The lowest BCUT2D eigenvalue weighted by atomic mass is 9.90. The van der Waals surface area contributed by atoms with Crippen LogP contribution in [0.3, 0.4) is 0 Å². The van der Waals surface area contributed by atoms with Gasteiger partial charge >= 0.3 is 0 Å². The highest BCUT2D eigenvalue weighted by atomic mass is 32.2. The number of carbonyl (C=O) groups excluding carboxylic acids is 1. The van der Waals surface area contributed by atoms with Gasteiger partial charge in [0.15, 0.2) is 0 Å². The SMILES string of the molecule is CCS(=O)c1ccccc1C(=O)N1CCC(CCc2ccc(OC)cc2)CC1. The van der Waals surface area contributed by atoms with Crippen LogP contribution in [0.5, 0.6) is 5.75 Å². The van der Waals surface area contributed by atoms with Gasteiger partial charge in [-0.05, 0) is 61.4 Å². The molecule has 0 saturated carbocycles. The number of aryl methyl sites for hydroxylation is 1. The molecule has 2 aromatic rings. The zero-order valence-corrected chi connectivity index (χ0v) is 17.5. The van der Waals surface area contributed by atoms with Crippen molar-refractivity contribution in [2.75, 3.05) is 26.0 Å². The molecule has 0 bridgehead atoms. The molecule has 1 amide bonds. The maximum absolute atomic E-state index is 13.0. The molecule has 1 aliphatic rings. The van der Waals surface area contributed by atoms with E-state index in [4.69, 9.17) is 4.74 Å². The minimum atomic E-state index is -1.12. The smallest absolute Gasteiger partial charge is 0.255 e. The van der Waals surface area contributed by atoms with Crippen LogP contribution in [0.4, 0.5) is 0 Å². The van der Waals surface area contributed by atoms with Gasteiger partial charge in [0.05, 0.1) is 28.4 Å². The lowest BCUT2D eigenvalue weighted by molar-refractivity contribution is 0.0683. The summed E-state index contributed by atoms with van der Waals surface area (Å²) in [5.74, 6) is 2.08. The Hall–Kier alpha value is -2.14. The molecule has 28 heavy (non-hydrogen) atoms. The van der Waals surface area contributed by atoms with Gasteiger partial charge in [-0.1, -0.05) is 31.2 Å². The average molecular weight is 400 g/mol. The summed E-state index contributed by atoms with van der Waals surface area (Å²) in [6, 6.07) is 15.6. The molecule has 1 aliphatic heterocycles. The van der Waals surface area contributed by atoms with Crippen molar-refractivity contribution >= 4 is 16.7 Å². The molecule has 150 valence electrons. The van der Waals surface area contributed by atoms with Gasteiger partial charge in [0, 0.05) is 18.8 Å². The first-order valence-corrected chi connectivity index (χ1v) is 11.3. The maximum atomic E-state index is 13.0. The lowest BCUT2D eigenvalue weighted by Crippen LogP contribution is -2.39. The molecule has 1 atom stereocenters. The Labute approximate surface area is 170 Å². The number of benzene rings is 2. The van der Waals surface area contributed by atoms with Gasteiger partial charge in [-0.3, -0.25) is 9.00 Å². The monoisotopic (exact) mass is 399 g/mol. The Kier molecular flexibility index (Phi) is 7.26. The number of carbonyl (C=O) groups is 1. The summed E-state index contributed by atoms with van der Waals surface area (Å²) in [6.45, 7) is 3.43. The van der Waals surface area contributed by atoms with Crippen molar-refractivity contribution in [1.29, 1.82) is 0 Å². The molecular weight excluding hydrogens is 370 g/mol. The highest BCUT2D eigenvalue weighted by molar-refractivity contribution is 7.85. The van der Waals surface area contributed by atoms with E-state index in [1.54, 1.807) is 13.2 Å². The van der Waals surface area contributed by atoms with Crippen LogP contribution in [-0.2, 0) is 17.2 Å². The zero-order chi connectivity index (χ0) is 19.9. The van der Waals surface area contributed by atoms with Gasteiger partial charge in [-0.2, -0.15) is 0 Å². The minimum Gasteiger partial charge on any atom is -0.497 e. The summed E-state index contributed by atoms with van der Waals surface area (Å²) in [6.07, 6.45) is 4.26. The molecule has 1 unspecified atom stereocenters. The van der Waals surface area contributed by atoms with Gasteiger partial charge in [-0.25, -0.2) is 0 Å². The molecule has 5 heteroatoms. The van der Waals surface area contributed by atoms with Crippen LogP contribution in [0, 0.1) is 5.92 Å². The van der Waals surface area contributed by atoms with E-state index in [1.807, 2.05) is 42.2 Å². The van der Waals surface area contributed by atoms with E-state index in [9.17, 15) is 9.00 Å². The number of nitrogens with zero attached hydrogens (tertiary/aromatic N) is 1. The lowest BCUT2D eigenvalue weighted by Gasteiger charge is -2.32. The first-order chi connectivity index (χ1) is 13.6. The topological polar surface area (TPSA) is 46.6 Å². The Morgan fingerprint density at radius 2 is 1.79 bits per heavy atom. The number of likely N-dealkylation sites (tertiary alicyclic amines) is 1. The van der Waals surface area contributed by atoms with Crippen LogP contribution < -0.4 is 4.74 Å². The Balaban J connectivity index is 1.53. The van der Waals surface area contributed by atoms with Crippen LogP contribution in [0.25, 0.3) is 0 Å². The summed E-state index contributed by atoms with van der Waals surface area (Å²) in [5, 5.41) is 0. The molecule has 1 fully saturated rings. The predicted molar refractivity (Wildman–Crippen MR) is 113 cm³/mol. The van der Waals surface area contributed by atoms with Crippen molar-refractivity contribution in [1.82, 2.24) is 4.90 Å². The summed E-state index contributed by atoms with van der Waals surface area (Å²) in [5.41, 5.74) is 1.93. The summed E-state index contributed by atoms with van der Waals surface area (Å²) >= 11 is 0. The van der Waals surface area contributed by atoms with E-state index in [0.29, 0.717) is 22.1 Å². The van der Waals surface area contributed by atoms with Crippen molar-refractivity contribution in [2.24, 2.45) is 5.92 Å². The van der Waals surface area contributed by atoms with Gasteiger partial charge in [0.25, 0.3) is 5.91 Å². The van der Waals surface area contributed by atoms with E-state index in [0.717, 1.165) is 44.5 Å². The molecule has 1 heterocycles. The second-order valence-corrected chi connectivity index (χ2v) is 8.96. The Bertz CT molecular complexity index is 811. The van der Waals surface area contributed by atoms with Crippen LogP contribution in [0.2, 0.25) is 0 Å². The van der Waals surface area contributed by atoms with Crippen LogP contribution >= 0.6 is 0 Å². The van der Waals surface area contributed by atoms with E-state index in [-0.39, 0.29) is 5.91 Å². The molecule has 0 N–H and O–H groups in total. The van der Waals surface area contributed by atoms with Crippen molar-refractivity contribution in [3.05, 3.63) is 59.7 Å². The fraction of sp³-hybridized carbons (Fsp3) is 0.435. The fourth-order valence-corrected chi connectivity index (χ4v) is 4.70. The fourth-order valence-electron chi connectivity index (χ4n) is 3.76. The van der Waals surface area contributed by atoms with Gasteiger partial charge in [0.1, 0.15) is 5.75 Å². The molecular formula is C23H29NO3S. The highest BCUT2D eigenvalue weighted by Crippen LogP contribution is 2.25. The van der Waals surface area contributed by atoms with Crippen LogP contribution in [0.1, 0.15) is 42.1 Å². The number of piperidine rings is 1. The number of hydrogen-bond donors (Lipinski definition) is 0. The molecule has 0 spiro atoms. The third-order valence-electron chi connectivity index (χ3n) is 5.53. The first-order valence-electron chi connectivity index (χ1n) is 10.0. The second kappa shape index (κ2) is 9.87.